The number of rotatable bonds is 4. The third kappa shape index (κ3) is 6.15. The Morgan fingerprint density at radius 3 is 2.14 bits per heavy atom. The number of benzene rings is 1. The predicted molar refractivity (Wildman–Crippen MR) is 129 cm³/mol. The van der Waals surface area contributed by atoms with Gasteiger partial charge in [-0.25, -0.2) is 13.6 Å². The molecule has 1 aromatic carbocycles. The molecule has 0 N–H and O–H groups in total. The van der Waals surface area contributed by atoms with Crippen LogP contribution >= 0.6 is 0 Å². The highest BCUT2D eigenvalue weighted by atomic mass is 19.1. The Kier molecular flexibility index (Phi) is 7.59. The van der Waals surface area contributed by atoms with Gasteiger partial charge in [0, 0.05) is 31.6 Å². The van der Waals surface area contributed by atoms with Crippen LogP contribution in [0.2, 0.25) is 0 Å². The lowest BCUT2D eigenvalue weighted by molar-refractivity contribution is -0.131. The van der Waals surface area contributed by atoms with Crippen molar-refractivity contribution < 1.29 is 32.4 Å². The maximum atomic E-state index is 14.9. The van der Waals surface area contributed by atoms with Crippen LogP contribution in [0.15, 0.2) is 12.1 Å². The molecule has 2 saturated heterocycles. The molecule has 3 rings (SSSR count). The van der Waals surface area contributed by atoms with Gasteiger partial charge in [-0.2, -0.15) is 0 Å². The number of ether oxygens (including phenoxy) is 1. The normalized spacial score (nSPS) is 20.2. The summed E-state index contributed by atoms with van der Waals surface area (Å²) in [5, 5.41) is 0. The number of amides is 2. The van der Waals surface area contributed by atoms with E-state index in [0.717, 1.165) is 12.1 Å². The Bertz CT molecular complexity index is 955. The third-order valence-corrected chi connectivity index (χ3v) is 7.06. The van der Waals surface area contributed by atoms with E-state index in [-0.39, 0.29) is 29.4 Å². The molecule has 0 atom stereocenters. The first-order valence-electron chi connectivity index (χ1n) is 12.1. The molecule has 0 unspecified atom stereocenters. The number of carbonyl (C=O) groups excluding carboxylic acids is 2. The summed E-state index contributed by atoms with van der Waals surface area (Å²) in [6.07, 6.45) is 0.513. The first-order chi connectivity index (χ1) is 16.0. The van der Waals surface area contributed by atoms with E-state index in [1.54, 1.807) is 16.8 Å². The Morgan fingerprint density at radius 1 is 1.09 bits per heavy atom. The lowest BCUT2D eigenvalue weighted by Crippen LogP contribution is -2.48. The summed E-state index contributed by atoms with van der Waals surface area (Å²) in [5.41, 5.74) is -1.99. The van der Waals surface area contributed by atoms with Gasteiger partial charge in [0.15, 0.2) is 0 Å². The van der Waals surface area contributed by atoms with Gasteiger partial charge in [0.1, 0.15) is 17.2 Å². The molecular weight excluding hydrogens is 457 g/mol. The van der Waals surface area contributed by atoms with Crippen molar-refractivity contribution in [2.75, 3.05) is 20.1 Å². The number of nitrogens with zero attached hydrogens (tertiary/aromatic N) is 2. The van der Waals surface area contributed by atoms with E-state index in [4.69, 9.17) is 14.0 Å². The van der Waals surface area contributed by atoms with Crippen molar-refractivity contribution in [3.63, 3.8) is 0 Å². The molecule has 0 aromatic heterocycles. The van der Waals surface area contributed by atoms with E-state index in [0.29, 0.717) is 25.9 Å². The van der Waals surface area contributed by atoms with Crippen LogP contribution in [-0.2, 0) is 25.3 Å². The molecule has 0 bridgehead atoms. The number of halogens is 2. The van der Waals surface area contributed by atoms with Crippen LogP contribution in [0, 0.1) is 11.6 Å². The SMILES string of the molecule is CN(C(=O)OC(C)(C)C)C1CCN(C(=O)Cc2cc(F)c(B3OC(C)(C)C(C)(C)O3)cc2F)CC1. The maximum absolute atomic E-state index is 14.9. The average Bonchev–Trinajstić information content (AvgIpc) is 2.95. The summed E-state index contributed by atoms with van der Waals surface area (Å²) >= 11 is 0. The Balaban J connectivity index is 1.60. The second-order valence-corrected chi connectivity index (χ2v) is 11.4. The van der Waals surface area contributed by atoms with Gasteiger partial charge in [0.05, 0.1) is 17.6 Å². The lowest BCUT2D eigenvalue weighted by Gasteiger charge is -2.37. The van der Waals surface area contributed by atoms with E-state index in [1.807, 2.05) is 48.5 Å². The summed E-state index contributed by atoms with van der Waals surface area (Å²) in [6, 6.07) is 2.06. The summed E-state index contributed by atoms with van der Waals surface area (Å²) < 4.78 is 46.9. The molecule has 2 amide bonds. The van der Waals surface area contributed by atoms with Gasteiger partial charge in [-0.3, -0.25) is 4.79 Å². The van der Waals surface area contributed by atoms with Crippen LogP contribution < -0.4 is 5.46 Å². The van der Waals surface area contributed by atoms with Crippen molar-refractivity contribution >= 4 is 24.6 Å². The van der Waals surface area contributed by atoms with Crippen molar-refractivity contribution in [1.82, 2.24) is 9.80 Å². The van der Waals surface area contributed by atoms with E-state index >= 15 is 0 Å². The molecule has 7 nitrogen and oxygen atoms in total. The maximum Gasteiger partial charge on any atom is 0.497 e. The van der Waals surface area contributed by atoms with Gasteiger partial charge in [-0.05, 0) is 79.0 Å². The molecule has 0 radical (unpaired) electrons. The molecule has 2 fully saturated rings. The zero-order valence-corrected chi connectivity index (χ0v) is 22.0. The van der Waals surface area contributed by atoms with Crippen LogP contribution in [-0.4, -0.2) is 71.9 Å². The van der Waals surface area contributed by atoms with Crippen LogP contribution in [0.25, 0.3) is 0 Å². The fourth-order valence-corrected chi connectivity index (χ4v) is 4.15. The average molecular weight is 494 g/mol. The van der Waals surface area contributed by atoms with Gasteiger partial charge in [-0.1, -0.05) is 0 Å². The van der Waals surface area contributed by atoms with Crippen LogP contribution in [0.3, 0.4) is 0 Å². The zero-order chi connectivity index (χ0) is 26.3. The molecule has 2 aliphatic heterocycles. The fraction of sp³-hybridized carbons (Fsp3) is 0.680. The Morgan fingerprint density at radius 2 is 1.63 bits per heavy atom. The smallest absolute Gasteiger partial charge is 0.444 e. The minimum Gasteiger partial charge on any atom is -0.444 e. The largest absolute Gasteiger partial charge is 0.497 e. The van der Waals surface area contributed by atoms with Crippen molar-refractivity contribution in [2.45, 2.75) is 90.6 Å². The van der Waals surface area contributed by atoms with Gasteiger partial charge < -0.3 is 23.8 Å². The van der Waals surface area contributed by atoms with Gasteiger partial charge >= 0.3 is 13.2 Å². The number of hydrogen-bond donors (Lipinski definition) is 0. The topological polar surface area (TPSA) is 68.3 Å². The second-order valence-electron chi connectivity index (χ2n) is 11.4. The van der Waals surface area contributed by atoms with E-state index < -0.39 is 41.6 Å². The predicted octanol–water partition coefficient (Wildman–Crippen LogP) is 3.66. The molecule has 2 aliphatic rings. The molecule has 0 spiro atoms. The summed E-state index contributed by atoms with van der Waals surface area (Å²) in [6.45, 7) is 13.6. The first kappa shape index (κ1) is 27.4. The monoisotopic (exact) mass is 494 g/mol. The molecule has 0 saturated carbocycles. The quantitative estimate of drug-likeness (QED) is 0.598. The summed E-state index contributed by atoms with van der Waals surface area (Å²) in [4.78, 5) is 28.3. The number of hydrogen-bond acceptors (Lipinski definition) is 5. The van der Waals surface area contributed by atoms with E-state index in [1.165, 1.54) is 0 Å². The van der Waals surface area contributed by atoms with E-state index in [2.05, 4.69) is 0 Å². The molecule has 35 heavy (non-hydrogen) atoms. The van der Waals surface area contributed by atoms with Crippen molar-refractivity contribution in [1.29, 1.82) is 0 Å². The second kappa shape index (κ2) is 9.69. The third-order valence-electron chi connectivity index (χ3n) is 7.06. The highest BCUT2D eigenvalue weighted by Crippen LogP contribution is 2.36. The highest BCUT2D eigenvalue weighted by molar-refractivity contribution is 6.62. The zero-order valence-electron chi connectivity index (χ0n) is 22.0. The molecule has 194 valence electrons. The molecular formula is C25H37BF2N2O5. The van der Waals surface area contributed by atoms with E-state index in [9.17, 15) is 18.4 Å². The number of likely N-dealkylation sites (tertiary alicyclic amines) is 1. The number of carbonyl (C=O) groups is 2. The Hall–Kier alpha value is -2.20. The molecule has 0 aliphatic carbocycles. The van der Waals surface area contributed by atoms with Crippen molar-refractivity contribution in [3.05, 3.63) is 29.3 Å². The van der Waals surface area contributed by atoms with Crippen molar-refractivity contribution in [2.24, 2.45) is 0 Å². The summed E-state index contributed by atoms with van der Waals surface area (Å²) in [7, 11) is 0.663. The molecule has 2 heterocycles. The van der Waals surface area contributed by atoms with Gasteiger partial charge in [0.25, 0.3) is 0 Å². The standard InChI is InChI=1S/C25H37BF2N2O5/c1-23(2,3)33-22(32)29(8)17-9-11-30(12-10-17)21(31)14-16-13-20(28)18(15-19(16)27)26-34-24(4,5)25(6,7)35-26/h13,15,17H,9-12,14H2,1-8H3. The highest BCUT2D eigenvalue weighted by Gasteiger charge is 2.52. The molecule has 10 heteroatoms. The lowest BCUT2D eigenvalue weighted by atomic mass is 9.78. The minimum atomic E-state index is -1.03. The van der Waals surface area contributed by atoms with Crippen LogP contribution in [0.5, 0.6) is 0 Å². The fourth-order valence-electron chi connectivity index (χ4n) is 4.15. The minimum absolute atomic E-state index is 0.0132. The van der Waals surface area contributed by atoms with Gasteiger partial charge in [0.2, 0.25) is 5.91 Å². The van der Waals surface area contributed by atoms with Crippen LogP contribution in [0.4, 0.5) is 13.6 Å². The van der Waals surface area contributed by atoms with Crippen LogP contribution in [0.1, 0.15) is 66.9 Å². The molecule has 1 aromatic rings. The summed E-state index contributed by atoms with van der Waals surface area (Å²) in [5.74, 6) is -1.64. The van der Waals surface area contributed by atoms with Crippen molar-refractivity contribution in [3.8, 4) is 0 Å². The number of piperidine rings is 1. The first-order valence-corrected chi connectivity index (χ1v) is 12.1. The van der Waals surface area contributed by atoms with Gasteiger partial charge in [-0.15, -0.1) is 0 Å². The Labute approximate surface area is 207 Å².